The molecule has 0 saturated heterocycles. The molecule has 2 heterocycles. The van der Waals surface area contributed by atoms with E-state index >= 15 is 0 Å². The molecule has 2 aromatic rings. The van der Waals surface area contributed by atoms with Crippen molar-refractivity contribution in [3.8, 4) is 0 Å². The Morgan fingerprint density at radius 3 is 2.95 bits per heavy atom. The second-order valence-electron chi connectivity index (χ2n) is 4.78. The number of carbonyl (C=O) groups is 2. The molecule has 0 aromatic carbocycles. The van der Waals surface area contributed by atoms with E-state index in [2.05, 4.69) is 10.4 Å². The minimum Gasteiger partial charge on any atom is -0.481 e. The SMILES string of the molecule is CC(CCC(=O)O)NC(=O)c1ccc(Cn2cccn2)o1. The summed E-state index contributed by atoms with van der Waals surface area (Å²) in [6, 6.07) is 4.89. The molecule has 7 heteroatoms. The molecule has 1 atom stereocenters. The summed E-state index contributed by atoms with van der Waals surface area (Å²) in [5.41, 5.74) is 0. The number of nitrogens with one attached hydrogen (secondary N) is 1. The van der Waals surface area contributed by atoms with Crippen LogP contribution in [0.2, 0.25) is 0 Å². The predicted octanol–water partition coefficient (Wildman–Crippen LogP) is 1.51. The van der Waals surface area contributed by atoms with Gasteiger partial charge >= 0.3 is 5.97 Å². The second-order valence-corrected chi connectivity index (χ2v) is 4.78. The summed E-state index contributed by atoms with van der Waals surface area (Å²) in [6.45, 7) is 2.21. The third kappa shape index (κ3) is 4.48. The number of carbonyl (C=O) groups excluding carboxylic acids is 1. The third-order valence-electron chi connectivity index (χ3n) is 2.93. The maximum atomic E-state index is 11.9. The summed E-state index contributed by atoms with van der Waals surface area (Å²) < 4.78 is 7.15. The van der Waals surface area contributed by atoms with Gasteiger partial charge < -0.3 is 14.8 Å². The Bertz CT molecular complexity index is 604. The highest BCUT2D eigenvalue weighted by Crippen LogP contribution is 2.10. The molecule has 0 radical (unpaired) electrons. The molecule has 0 fully saturated rings. The monoisotopic (exact) mass is 291 g/mol. The minimum atomic E-state index is -0.879. The molecule has 1 unspecified atom stereocenters. The first kappa shape index (κ1) is 14.8. The van der Waals surface area contributed by atoms with Gasteiger partial charge in [-0.15, -0.1) is 0 Å². The number of nitrogens with zero attached hydrogens (tertiary/aromatic N) is 2. The van der Waals surface area contributed by atoms with Gasteiger partial charge in [0.2, 0.25) is 0 Å². The third-order valence-corrected chi connectivity index (χ3v) is 2.93. The van der Waals surface area contributed by atoms with E-state index in [1.165, 1.54) is 0 Å². The number of aromatic nitrogens is 2. The lowest BCUT2D eigenvalue weighted by Gasteiger charge is -2.11. The van der Waals surface area contributed by atoms with Crippen LogP contribution in [0.4, 0.5) is 0 Å². The molecule has 112 valence electrons. The van der Waals surface area contributed by atoms with Gasteiger partial charge in [0.25, 0.3) is 5.91 Å². The van der Waals surface area contributed by atoms with E-state index in [1.807, 2.05) is 0 Å². The number of carboxylic acid groups (broad SMARTS) is 1. The van der Waals surface area contributed by atoms with Crippen molar-refractivity contribution in [3.05, 3.63) is 42.1 Å². The second kappa shape index (κ2) is 6.74. The highest BCUT2D eigenvalue weighted by Gasteiger charge is 2.14. The summed E-state index contributed by atoms with van der Waals surface area (Å²) in [7, 11) is 0. The molecule has 21 heavy (non-hydrogen) atoms. The zero-order chi connectivity index (χ0) is 15.2. The Labute approximate surface area is 121 Å². The van der Waals surface area contributed by atoms with Crippen LogP contribution in [-0.4, -0.2) is 32.8 Å². The van der Waals surface area contributed by atoms with Crippen LogP contribution in [0.5, 0.6) is 0 Å². The van der Waals surface area contributed by atoms with E-state index in [4.69, 9.17) is 9.52 Å². The topological polar surface area (TPSA) is 97.4 Å². The van der Waals surface area contributed by atoms with Gasteiger partial charge in [-0.1, -0.05) is 0 Å². The zero-order valence-electron chi connectivity index (χ0n) is 11.7. The first-order valence-electron chi connectivity index (χ1n) is 6.63. The van der Waals surface area contributed by atoms with Crippen LogP contribution in [0.1, 0.15) is 36.1 Å². The number of hydrogen-bond donors (Lipinski definition) is 2. The van der Waals surface area contributed by atoms with Gasteiger partial charge in [-0.25, -0.2) is 0 Å². The molecule has 0 aliphatic heterocycles. The molecule has 2 rings (SSSR count). The Morgan fingerprint density at radius 2 is 2.29 bits per heavy atom. The molecular weight excluding hydrogens is 274 g/mol. The molecule has 0 aliphatic carbocycles. The zero-order valence-corrected chi connectivity index (χ0v) is 11.7. The summed E-state index contributed by atoms with van der Waals surface area (Å²) in [5, 5.41) is 15.4. The molecular formula is C14H17N3O4. The quantitative estimate of drug-likeness (QED) is 0.805. The predicted molar refractivity (Wildman–Crippen MR) is 73.8 cm³/mol. The lowest BCUT2D eigenvalue weighted by molar-refractivity contribution is -0.137. The Morgan fingerprint density at radius 1 is 1.48 bits per heavy atom. The van der Waals surface area contributed by atoms with Crippen molar-refractivity contribution in [1.29, 1.82) is 0 Å². The largest absolute Gasteiger partial charge is 0.481 e. The Hall–Kier alpha value is -2.57. The average molecular weight is 291 g/mol. The van der Waals surface area contributed by atoms with Crippen LogP contribution in [0.3, 0.4) is 0 Å². The van der Waals surface area contributed by atoms with Crippen molar-refractivity contribution in [2.75, 3.05) is 0 Å². The summed E-state index contributed by atoms with van der Waals surface area (Å²) in [6.07, 6.45) is 3.86. The average Bonchev–Trinajstić information content (AvgIpc) is 3.08. The van der Waals surface area contributed by atoms with Gasteiger partial charge in [0, 0.05) is 24.9 Å². The van der Waals surface area contributed by atoms with E-state index in [1.54, 1.807) is 42.2 Å². The van der Waals surface area contributed by atoms with E-state index in [0.29, 0.717) is 18.7 Å². The van der Waals surface area contributed by atoms with Gasteiger partial charge in [0.15, 0.2) is 5.76 Å². The van der Waals surface area contributed by atoms with E-state index in [-0.39, 0.29) is 24.1 Å². The van der Waals surface area contributed by atoms with Gasteiger partial charge in [-0.3, -0.25) is 14.3 Å². The number of hydrogen-bond acceptors (Lipinski definition) is 4. The van der Waals surface area contributed by atoms with Crippen molar-refractivity contribution >= 4 is 11.9 Å². The number of rotatable bonds is 7. The van der Waals surface area contributed by atoms with Crippen LogP contribution in [-0.2, 0) is 11.3 Å². The minimum absolute atomic E-state index is 0.0180. The van der Waals surface area contributed by atoms with Gasteiger partial charge in [-0.05, 0) is 31.5 Å². The highest BCUT2D eigenvalue weighted by atomic mass is 16.4. The molecule has 0 bridgehead atoms. The lowest BCUT2D eigenvalue weighted by Crippen LogP contribution is -2.32. The number of furan rings is 1. The van der Waals surface area contributed by atoms with Gasteiger partial charge in [-0.2, -0.15) is 5.10 Å². The Kier molecular flexibility index (Phi) is 4.76. The van der Waals surface area contributed by atoms with E-state index < -0.39 is 5.97 Å². The molecule has 1 amide bonds. The summed E-state index contributed by atoms with van der Waals surface area (Å²) in [4.78, 5) is 22.4. The molecule has 2 aromatic heterocycles. The van der Waals surface area contributed by atoms with Crippen LogP contribution < -0.4 is 5.32 Å². The number of carboxylic acids is 1. The molecule has 0 saturated carbocycles. The van der Waals surface area contributed by atoms with Crippen LogP contribution in [0.25, 0.3) is 0 Å². The standard InChI is InChI=1S/C14H17N3O4/c1-10(3-6-13(18)19)16-14(20)12-5-4-11(21-12)9-17-8-2-7-15-17/h2,4-5,7-8,10H,3,6,9H2,1H3,(H,16,20)(H,18,19). The summed E-state index contributed by atoms with van der Waals surface area (Å²) in [5.74, 6) is -0.392. The fourth-order valence-electron chi connectivity index (χ4n) is 1.85. The smallest absolute Gasteiger partial charge is 0.303 e. The molecule has 0 spiro atoms. The van der Waals surface area contributed by atoms with E-state index in [9.17, 15) is 9.59 Å². The lowest BCUT2D eigenvalue weighted by atomic mass is 10.2. The fraction of sp³-hybridized carbons (Fsp3) is 0.357. The van der Waals surface area contributed by atoms with Crippen LogP contribution in [0.15, 0.2) is 35.0 Å². The Balaban J connectivity index is 1.88. The molecule has 0 aliphatic rings. The first-order chi connectivity index (χ1) is 10.0. The fourth-order valence-corrected chi connectivity index (χ4v) is 1.85. The van der Waals surface area contributed by atoms with Crippen molar-refractivity contribution in [1.82, 2.24) is 15.1 Å². The first-order valence-corrected chi connectivity index (χ1v) is 6.63. The summed E-state index contributed by atoms with van der Waals surface area (Å²) >= 11 is 0. The van der Waals surface area contributed by atoms with Crippen LogP contribution >= 0.6 is 0 Å². The maximum absolute atomic E-state index is 11.9. The number of aliphatic carboxylic acids is 1. The van der Waals surface area contributed by atoms with Crippen molar-refractivity contribution in [2.45, 2.75) is 32.4 Å². The van der Waals surface area contributed by atoms with Crippen LogP contribution in [0, 0.1) is 0 Å². The van der Waals surface area contributed by atoms with E-state index in [0.717, 1.165) is 0 Å². The number of amides is 1. The highest BCUT2D eigenvalue weighted by molar-refractivity contribution is 5.91. The van der Waals surface area contributed by atoms with Crippen molar-refractivity contribution in [3.63, 3.8) is 0 Å². The van der Waals surface area contributed by atoms with Crippen molar-refractivity contribution in [2.24, 2.45) is 0 Å². The maximum Gasteiger partial charge on any atom is 0.303 e. The van der Waals surface area contributed by atoms with Gasteiger partial charge in [0.05, 0.1) is 6.54 Å². The van der Waals surface area contributed by atoms with Gasteiger partial charge in [0.1, 0.15) is 5.76 Å². The normalized spacial score (nSPS) is 12.0. The van der Waals surface area contributed by atoms with Crippen molar-refractivity contribution < 1.29 is 19.1 Å². The molecule has 2 N–H and O–H groups in total. The molecule has 7 nitrogen and oxygen atoms in total.